The van der Waals surface area contributed by atoms with Crippen molar-refractivity contribution < 1.29 is 14.6 Å². The number of hydrogen-bond acceptors (Lipinski definition) is 6. The van der Waals surface area contributed by atoms with Crippen LogP contribution in [-0.2, 0) is 0 Å². The van der Waals surface area contributed by atoms with E-state index in [9.17, 15) is 19.7 Å². The Bertz CT molecular complexity index is 930. The lowest BCUT2D eigenvalue weighted by atomic mass is 10.0. The summed E-state index contributed by atoms with van der Waals surface area (Å²) in [5, 5.41) is 14.9. The van der Waals surface area contributed by atoms with Gasteiger partial charge in [-0.2, -0.15) is 0 Å². The van der Waals surface area contributed by atoms with Gasteiger partial charge in [-0.05, 0) is 55.7 Å². The Labute approximate surface area is 155 Å². The molecule has 2 aromatic rings. The summed E-state index contributed by atoms with van der Waals surface area (Å²) in [5.74, 6) is 0. The molecule has 0 atom stereocenters. The second-order valence-electron chi connectivity index (χ2n) is 6.47. The molecule has 0 N–H and O–H groups in total. The highest BCUT2D eigenvalue weighted by Crippen LogP contribution is 2.25. The molecule has 1 fully saturated rings. The molecule has 2 heterocycles. The summed E-state index contributed by atoms with van der Waals surface area (Å²) < 4.78 is 0. The van der Waals surface area contributed by atoms with Crippen LogP contribution in [-0.4, -0.2) is 38.9 Å². The van der Waals surface area contributed by atoms with E-state index in [0.717, 1.165) is 24.1 Å². The number of hydrogen-bond donors (Lipinski definition) is 0. The number of aromatic nitrogens is 2. The number of likely N-dealkylation sites (tertiary alicyclic amines) is 1. The number of aryl methyl sites for hydroxylation is 1. The van der Waals surface area contributed by atoms with Crippen molar-refractivity contribution in [1.82, 2.24) is 14.8 Å². The lowest BCUT2D eigenvalue weighted by Crippen LogP contribution is -2.44. The highest BCUT2D eigenvalue weighted by atomic mass is 16.7. The Morgan fingerprint density at radius 3 is 2.37 bits per heavy atom. The molecule has 0 aliphatic carbocycles. The number of rotatable bonds is 3. The first kappa shape index (κ1) is 18.6. The van der Waals surface area contributed by atoms with Crippen LogP contribution in [0.3, 0.4) is 0 Å². The minimum Gasteiger partial charge on any atom is -0.306 e. The number of nitrogens with zero attached hydrogens (tertiary/aromatic N) is 4. The maximum absolute atomic E-state index is 12.6. The van der Waals surface area contributed by atoms with Gasteiger partial charge in [0.2, 0.25) is 0 Å². The van der Waals surface area contributed by atoms with Crippen LogP contribution in [0.4, 0.5) is 10.5 Å². The van der Waals surface area contributed by atoms with Gasteiger partial charge in [0, 0.05) is 36.3 Å². The molecular formula is C18H20N4O5. The molecule has 3 rings (SSSR count). The van der Waals surface area contributed by atoms with Crippen LogP contribution in [0.2, 0.25) is 0 Å². The van der Waals surface area contributed by atoms with E-state index in [1.807, 2.05) is 0 Å². The van der Waals surface area contributed by atoms with Crippen molar-refractivity contribution in [2.75, 3.05) is 13.1 Å². The molecule has 1 aliphatic heterocycles. The Balaban J connectivity index is 1.90. The Morgan fingerprint density at radius 2 is 1.78 bits per heavy atom. The fraction of sp³-hybridized carbons (Fsp3) is 0.389. The van der Waals surface area contributed by atoms with Crippen LogP contribution in [0.25, 0.3) is 11.1 Å². The number of nitro groups is 1. The fourth-order valence-corrected chi connectivity index (χ4v) is 3.20. The maximum Gasteiger partial charge on any atom is 0.436 e. The van der Waals surface area contributed by atoms with Crippen LogP contribution in [0.1, 0.15) is 30.5 Å². The molecule has 142 valence electrons. The zero-order chi connectivity index (χ0) is 19.6. The first-order valence-electron chi connectivity index (χ1n) is 8.71. The molecule has 1 aromatic heterocycles. The van der Waals surface area contributed by atoms with Gasteiger partial charge in [0.1, 0.15) is 0 Å². The standard InChI is InChI=1S/C18H20N4O5/c1-12-16(14-6-8-15(9-7-14)22(25)26)13(2)19-21(17(12)23)27-18(24)20-10-4-3-5-11-20/h6-9H,3-5,10-11H2,1-2H3. The predicted octanol–water partition coefficient (Wildman–Crippen LogP) is 2.47. The van der Waals surface area contributed by atoms with Crippen molar-refractivity contribution in [3.8, 4) is 11.1 Å². The third-order valence-corrected chi connectivity index (χ3v) is 4.62. The van der Waals surface area contributed by atoms with E-state index in [2.05, 4.69) is 5.10 Å². The fourth-order valence-electron chi connectivity index (χ4n) is 3.20. The van der Waals surface area contributed by atoms with E-state index >= 15 is 0 Å². The summed E-state index contributed by atoms with van der Waals surface area (Å²) in [6, 6.07) is 5.88. The first-order chi connectivity index (χ1) is 12.9. The second-order valence-corrected chi connectivity index (χ2v) is 6.47. The number of amides is 1. The molecule has 9 heteroatoms. The third-order valence-electron chi connectivity index (χ3n) is 4.62. The highest BCUT2D eigenvalue weighted by molar-refractivity contribution is 5.70. The lowest BCUT2D eigenvalue weighted by molar-refractivity contribution is -0.384. The van der Waals surface area contributed by atoms with E-state index < -0.39 is 16.6 Å². The molecule has 27 heavy (non-hydrogen) atoms. The van der Waals surface area contributed by atoms with Gasteiger partial charge in [-0.3, -0.25) is 19.7 Å². The largest absolute Gasteiger partial charge is 0.436 e. The summed E-state index contributed by atoms with van der Waals surface area (Å²) >= 11 is 0. The van der Waals surface area contributed by atoms with Gasteiger partial charge in [0.25, 0.3) is 5.69 Å². The summed E-state index contributed by atoms with van der Waals surface area (Å²) in [5.41, 5.74) is 1.45. The van der Waals surface area contributed by atoms with Gasteiger partial charge < -0.3 is 4.90 Å². The van der Waals surface area contributed by atoms with Crippen molar-refractivity contribution in [1.29, 1.82) is 0 Å². The van der Waals surface area contributed by atoms with Crippen LogP contribution >= 0.6 is 0 Å². The third kappa shape index (κ3) is 3.81. The van der Waals surface area contributed by atoms with Crippen LogP contribution < -0.4 is 10.4 Å². The molecule has 0 bridgehead atoms. The van der Waals surface area contributed by atoms with Crippen LogP contribution in [0.15, 0.2) is 29.1 Å². The first-order valence-corrected chi connectivity index (χ1v) is 8.71. The molecule has 0 saturated carbocycles. The maximum atomic E-state index is 12.6. The number of benzene rings is 1. The Kier molecular flexibility index (Phi) is 5.20. The van der Waals surface area contributed by atoms with E-state index in [4.69, 9.17) is 4.84 Å². The number of nitro benzene ring substituents is 1. The summed E-state index contributed by atoms with van der Waals surface area (Å²) in [7, 11) is 0. The van der Waals surface area contributed by atoms with Crippen LogP contribution in [0, 0.1) is 24.0 Å². The number of carbonyl (C=O) groups is 1. The molecule has 1 amide bonds. The summed E-state index contributed by atoms with van der Waals surface area (Å²) in [6.07, 6.45) is 2.30. The van der Waals surface area contributed by atoms with E-state index in [-0.39, 0.29) is 5.69 Å². The molecular weight excluding hydrogens is 352 g/mol. The quantitative estimate of drug-likeness (QED) is 0.605. The number of carbonyl (C=O) groups excluding carboxylic acids is 1. The highest BCUT2D eigenvalue weighted by Gasteiger charge is 2.21. The summed E-state index contributed by atoms with van der Waals surface area (Å²) in [4.78, 5) is 42.6. The minimum absolute atomic E-state index is 0.0363. The number of piperidine rings is 1. The lowest BCUT2D eigenvalue weighted by Gasteiger charge is -2.25. The monoisotopic (exact) mass is 372 g/mol. The smallest absolute Gasteiger partial charge is 0.306 e. The van der Waals surface area contributed by atoms with Gasteiger partial charge in [0.15, 0.2) is 0 Å². The molecule has 0 unspecified atom stereocenters. The Morgan fingerprint density at radius 1 is 1.15 bits per heavy atom. The van der Waals surface area contributed by atoms with Crippen molar-refractivity contribution in [3.05, 3.63) is 56.0 Å². The second kappa shape index (κ2) is 7.56. The topological polar surface area (TPSA) is 108 Å². The van der Waals surface area contributed by atoms with Crippen molar-refractivity contribution in [2.45, 2.75) is 33.1 Å². The van der Waals surface area contributed by atoms with Crippen molar-refractivity contribution >= 4 is 11.8 Å². The van der Waals surface area contributed by atoms with Crippen molar-refractivity contribution in [2.24, 2.45) is 0 Å². The van der Waals surface area contributed by atoms with Gasteiger partial charge in [-0.25, -0.2) is 4.79 Å². The molecule has 1 aliphatic rings. The molecule has 0 radical (unpaired) electrons. The van der Waals surface area contributed by atoms with Gasteiger partial charge in [0.05, 0.1) is 10.6 Å². The molecule has 1 saturated heterocycles. The zero-order valence-electron chi connectivity index (χ0n) is 15.2. The molecule has 9 nitrogen and oxygen atoms in total. The molecule has 1 aromatic carbocycles. The normalized spacial score (nSPS) is 14.1. The predicted molar refractivity (Wildman–Crippen MR) is 97.5 cm³/mol. The Hall–Kier alpha value is -3.23. The average molecular weight is 372 g/mol. The molecule has 0 spiro atoms. The summed E-state index contributed by atoms with van der Waals surface area (Å²) in [6.45, 7) is 4.51. The van der Waals surface area contributed by atoms with Crippen molar-refractivity contribution in [3.63, 3.8) is 0 Å². The van der Waals surface area contributed by atoms with Gasteiger partial charge in [-0.15, -0.1) is 5.10 Å². The van der Waals surface area contributed by atoms with E-state index in [1.54, 1.807) is 30.9 Å². The van der Waals surface area contributed by atoms with E-state index in [0.29, 0.717) is 35.5 Å². The van der Waals surface area contributed by atoms with Gasteiger partial charge in [-0.1, -0.05) is 0 Å². The zero-order valence-corrected chi connectivity index (χ0v) is 15.2. The minimum atomic E-state index is -0.591. The van der Waals surface area contributed by atoms with Gasteiger partial charge >= 0.3 is 11.7 Å². The van der Waals surface area contributed by atoms with Crippen LogP contribution in [0.5, 0.6) is 0 Å². The van der Waals surface area contributed by atoms with E-state index in [1.165, 1.54) is 12.1 Å². The average Bonchev–Trinajstić information content (AvgIpc) is 2.67. The number of non-ortho nitro benzene ring substituents is 1. The SMILES string of the molecule is Cc1nn(OC(=O)N2CCCCC2)c(=O)c(C)c1-c1ccc([N+](=O)[O-])cc1.